The van der Waals surface area contributed by atoms with Crippen LogP contribution in [-0.2, 0) is 0 Å². The van der Waals surface area contributed by atoms with Crippen molar-refractivity contribution in [3.8, 4) is 17.0 Å². The molecule has 0 atom stereocenters. The van der Waals surface area contributed by atoms with Crippen molar-refractivity contribution in [1.82, 2.24) is 4.98 Å². The maximum absolute atomic E-state index is 12.7. The lowest BCUT2D eigenvalue weighted by atomic mass is 10.1. The molecule has 2 aromatic rings. The van der Waals surface area contributed by atoms with Gasteiger partial charge in [-0.15, -0.1) is 0 Å². The SMILES string of the molecule is O=c1cc[nH]c(-c2ccc(F)cc2O)c1. The summed E-state index contributed by atoms with van der Waals surface area (Å²) in [4.78, 5) is 13.9. The van der Waals surface area contributed by atoms with Gasteiger partial charge in [-0.25, -0.2) is 4.39 Å². The summed E-state index contributed by atoms with van der Waals surface area (Å²) in [7, 11) is 0. The lowest BCUT2D eigenvalue weighted by Crippen LogP contribution is -1.98. The van der Waals surface area contributed by atoms with Crippen molar-refractivity contribution in [2.24, 2.45) is 0 Å². The number of benzene rings is 1. The molecular formula is C11H8FNO2. The molecule has 0 bridgehead atoms. The zero-order chi connectivity index (χ0) is 10.8. The number of aromatic hydroxyl groups is 1. The number of aromatic amines is 1. The molecular weight excluding hydrogens is 197 g/mol. The summed E-state index contributed by atoms with van der Waals surface area (Å²) in [5.74, 6) is -0.716. The minimum absolute atomic E-state index is 0.174. The minimum atomic E-state index is -0.519. The quantitative estimate of drug-likeness (QED) is 0.746. The Morgan fingerprint density at radius 1 is 1.20 bits per heavy atom. The van der Waals surface area contributed by atoms with Crippen molar-refractivity contribution in [2.75, 3.05) is 0 Å². The smallest absolute Gasteiger partial charge is 0.182 e. The summed E-state index contributed by atoms with van der Waals surface area (Å²) in [6.07, 6.45) is 1.47. The van der Waals surface area contributed by atoms with Crippen molar-refractivity contribution in [2.45, 2.75) is 0 Å². The third-order valence-electron chi connectivity index (χ3n) is 2.02. The third-order valence-corrected chi connectivity index (χ3v) is 2.02. The van der Waals surface area contributed by atoms with E-state index >= 15 is 0 Å². The van der Waals surface area contributed by atoms with Crippen LogP contribution in [0.4, 0.5) is 4.39 Å². The van der Waals surface area contributed by atoms with E-state index in [1.807, 2.05) is 0 Å². The molecule has 0 saturated carbocycles. The van der Waals surface area contributed by atoms with Gasteiger partial charge in [0.1, 0.15) is 11.6 Å². The molecule has 1 aromatic carbocycles. The molecule has 0 aliphatic carbocycles. The van der Waals surface area contributed by atoms with Crippen molar-refractivity contribution in [1.29, 1.82) is 0 Å². The summed E-state index contributed by atoms with van der Waals surface area (Å²) in [5, 5.41) is 9.47. The van der Waals surface area contributed by atoms with E-state index < -0.39 is 5.82 Å². The van der Waals surface area contributed by atoms with Gasteiger partial charge in [0.15, 0.2) is 5.43 Å². The van der Waals surface area contributed by atoms with E-state index in [0.717, 1.165) is 6.07 Å². The molecule has 4 heteroatoms. The van der Waals surface area contributed by atoms with Crippen LogP contribution in [0.3, 0.4) is 0 Å². The molecule has 0 amide bonds. The van der Waals surface area contributed by atoms with Crippen molar-refractivity contribution in [3.63, 3.8) is 0 Å². The van der Waals surface area contributed by atoms with Crippen LogP contribution < -0.4 is 5.43 Å². The molecule has 76 valence electrons. The summed E-state index contributed by atoms with van der Waals surface area (Å²) >= 11 is 0. The van der Waals surface area contributed by atoms with Crippen LogP contribution in [0, 0.1) is 5.82 Å². The second-order valence-electron chi connectivity index (χ2n) is 3.10. The highest BCUT2D eigenvalue weighted by atomic mass is 19.1. The molecule has 0 fully saturated rings. The average molecular weight is 205 g/mol. The molecule has 3 nitrogen and oxygen atoms in total. The molecule has 1 heterocycles. The maximum atomic E-state index is 12.7. The van der Waals surface area contributed by atoms with Gasteiger partial charge in [-0.3, -0.25) is 4.79 Å². The Balaban J connectivity index is 2.59. The number of aromatic nitrogens is 1. The first-order valence-corrected chi connectivity index (χ1v) is 4.34. The van der Waals surface area contributed by atoms with Crippen molar-refractivity contribution in [3.05, 3.63) is 52.6 Å². The van der Waals surface area contributed by atoms with Gasteiger partial charge in [0.05, 0.1) is 5.69 Å². The predicted molar refractivity (Wildman–Crippen MR) is 54.1 cm³/mol. The molecule has 0 aliphatic heterocycles. The van der Waals surface area contributed by atoms with Crippen LogP contribution in [0.1, 0.15) is 0 Å². The third kappa shape index (κ3) is 1.88. The number of phenolic OH excluding ortho intramolecular Hbond substituents is 1. The highest BCUT2D eigenvalue weighted by molar-refractivity contribution is 5.66. The van der Waals surface area contributed by atoms with E-state index in [9.17, 15) is 14.3 Å². The maximum Gasteiger partial charge on any atom is 0.182 e. The Hall–Kier alpha value is -2.10. The van der Waals surface area contributed by atoms with E-state index in [-0.39, 0.29) is 11.2 Å². The Morgan fingerprint density at radius 3 is 2.67 bits per heavy atom. The van der Waals surface area contributed by atoms with Gasteiger partial charge in [-0.1, -0.05) is 0 Å². The van der Waals surface area contributed by atoms with Gasteiger partial charge >= 0.3 is 0 Å². The average Bonchev–Trinajstić information content (AvgIpc) is 2.17. The number of nitrogens with one attached hydrogen (secondary N) is 1. The summed E-state index contributed by atoms with van der Waals surface area (Å²) in [6, 6.07) is 6.34. The Kier molecular flexibility index (Phi) is 2.25. The fourth-order valence-corrected chi connectivity index (χ4v) is 1.33. The lowest BCUT2D eigenvalue weighted by Gasteiger charge is -2.03. The van der Waals surface area contributed by atoms with E-state index in [4.69, 9.17) is 0 Å². The molecule has 2 N–H and O–H groups in total. The summed E-state index contributed by atoms with van der Waals surface area (Å²) in [5.41, 5.74) is 0.682. The van der Waals surface area contributed by atoms with E-state index in [1.165, 1.54) is 30.5 Å². The number of rotatable bonds is 1. The first-order chi connectivity index (χ1) is 7.16. The molecule has 0 aliphatic rings. The fraction of sp³-hybridized carbons (Fsp3) is 0. The van der Waals surface area contributed by atoms with Gasteiger partial charge in [0.25, 0.3) is 0 Å². The zero-order valence-corrected chi connectivity index (χ0v) is 7.70. The van der Waals surface area contributed by atoms with Crippen LogP contribution in [0.25, 0.3) is 11.3 Å². The van der Waals surface area contributed by atoms with Crippen LogP contribution >= 0.6 is 0 Å². The zero-order valence-electron chi connectivity index (χ0n) is 7.70. The van der Waals surface area contributed by atoms with Gasteiger partial charge in [0, 0.05) is 30.0 Å². The standard InChI is InChI=1S/C11H8FNO2/c12-7-1-2-9(11(15)5-7)10-6-8(14)3-4-13-10/h1-6,15H,(H,13,14). The number of pyridine rings is 1. The molecule has 1 aromatic heterocycles. The normalized spacial score (nSPS) is 10.2. The Morgan fingerprint density at radius 2 is 2.00 bits per heavy atom. The fourth-order valence-electron chi connectivity index (χ4n) is 1.33. The van der Waals surface area contributed by atoms with Crippen LogP contribution in [0.2, 0.25) is 0 Å². The molecule has 15 heavy (non-hydrogen) atoms. The second kappa shape index (κ2) is 3.57. The van der Waals surface area contributed by atoms with E-state index in [2.05, 4.69) is 4.98 Å². The number of hydrogen-bond acceptors (Lipinski definition) is 2. The number of halogens is 1. The van der Waals surface area contributed by atoms with Crippen LogP contribution in [0.15, 0.2) is 41.3 Å². The molecule has 0 radical (unpaired) electrons. The van der Waals surface area contributed by atoms with E-state index in [1.54, 1.807) is 0 Å². The first-order valence-electron chi connectivity index (χ1n) is 4.34. The van der Waals surface area contributed by atoms with Crippen LogP contribution in [0.5, 0.6) is 5.75 Å². The van der Waals surface area contributed by atoms with Crippen molar-refractivity contribution < 1.29 is 9.50 Å². The first kappa shape index (κ1) is 9.45. The second-order valence-corrected chi connectivity index (χ2v) is 3.10. The molecule has 0 saturated heterocycles. The van der Waals surface area contributed by atoms with Gasteiger partial charge in [-0.05, 0) is 12.1 Å². The lowest BCUT2D eigenvalue weighted by molar-refractivity contribution is 0.471. The van der Waals surface area contributed by atoms with E-state index in [0.29, 0.717) is 11.3 Å². The van der Waals surface area contributed by atoms with Crippen molar-refractivity contribution >= 4 is 0 Å². The largest absolute Gasteiger partial charge is 0.507 e. The number of hydrogen-bond donors (Lipinski definition) is 2. The molecule has 2 rings (SSSR count). The van der Waals surface area contributed by atoms with Gasteiger partial charge in [0.2, 0.25) is 0 Å². The Bertz CT molecular complexity index is 548. The number of phenols is 1. The number of H-pyrrole nitrogens is 1. The molecule has 0 unspecified atom stereocenters. The summed E-state index contributed by atoms with van der Waals surface area (Å²) in [6.45, 7) is 0. The monoisotopic (exact) mass is 205 g/mol. The van der Waals surface area contributed by atoms with Gasteiger partial charge < -0.3 is 10.1 Å². The topological polar surface area (TPSA) is 53.1 Å². The molecule has 0 spiro atoms. The summed E-state index contributed by atoms with van der Waals surface area (Å²) < 4.78 is 12.7. The van der Waals surface area contributed by atoms with Crippen LogP contribution in [-0.4, -0.2) is 10.1 Å². The van der Waals surface area contributed by atoms with Gasteiger partial charge in [-0.2, -0.15) is 0 Å². The highest BCUT2D eigenvalue weighted by Crippen LogP contribution is 2.26. The Labute approximate surface area is 84.8 Å². The predicted octanol–water partition coefficient (Wildman–Crippen LogP) is 1.89. The minimum Gasteiger partial charge on any atom is -0.507 e. The highest BCUT2D eigenvalue weighted by Gasteiger charge is 2.05.